The molecule has 2 amide bonds. The predicted octanol–water partition coefficient (Wildman–Crippen LogP) is 2.45. The van der Waals surface area contributed by atoms with E-state index in [1.54, 1.807) is 55.6 Å². The highest BCUT2D eigenvalue weighted by molar-refractivity contribution is 6.22. The molecule has 3 aromatic rings. The molecule has 0 N–H and O–H groups in total. The summed E-state index contributed by atoms with van der Waals surface area (Å²) in [5.41, 5.74) is 0.973. The molecule has 0 bridgehead atoms. The van der Waals surface area contributed by atoms with Gasteiger partial charge in [-0.05, 0) is 30.2 Å². The van der Waals surface area contributed by atoms with Crippen LogP contribution in [0.15, 0.2) is 59.5 Å². The second-order valence-electron chi connectivity index (χ2n) is 7.48. The number of benzene rings is 1. The lowest BCUT2D eigenvalue weighted by Gasteiger charge is -2.28. The van der Waals surface area contributed by atoms with E-state index in [0.29, 0.717) is 12.1 Å². The Hall–Kier alpha value is -3.81. The van der Waals surface area contributed by atoms with Crippen molar-refractivity contribution < 1.29 is 19.1 Å². The quantitative estimate of drug-likeness (QED) is 0.450. The van der Waals surface area contributed by atoms with Crippen molar-refractivity contribution in [2.75, 3.05) is 0 Å². The molecule has 0 aliphatic carbocycles. The summed E-state index contributed by atoms with van der Waals surface area (Å²) < 4.78 is 6.81. The highest BCUT2D eigenvalue weighted by atomic mass is 16.5. The van der Waals surface area contributed by atoms with Crippen LogP contribution in [-0.2, 0) is 16.1 Å². The second-order valence-corrected chi connectivity index (χ2v) is 7.48. The molecule has 2 unspecified atom stereocenters. The largest absolute Gasteiger partial charge is 0.458 e. The van der Waals surface area contributed by atoms with Crippen molar-refractivity contribution in [2.24, 2.45) is 5.92 Å². The molecule has 2 atom stereocenters. The van der Waals surface area contributed by atoms with Crippen molar-refractivity contribution in [3.63, 3.8) is 0 Å². The first-order valence-electron chi connectivity index (χ1n) is 10.0. The number of carbonyl (C=O) groups excluding carboxylic acids is 3. The number of imide groups is 1. The van der Waals surface area contributed by atoms with E-state index in [-0.39, 0.29) is 34.9 Å². The summed E-state index contributed by atoms with van der Waals surface area (Å²) >= 11 is 0. The summed E-state index contributed by atoms with van der Waals surface area (Å²) in [5, 5.41) is 0. The van der Waals surface area contributed by atoms with Gasteiger partial charge in [0.2, 0.25) is 0 Å². The van der Waals surface area contributed by atoms with Gasteiger partial charge in [0.05, 0.1) is 16.8 Å². The fraction of sp³-hybridized carbons (Fsp3) is 0.261. The Bertz CT molecular complexity index is 1210. The number of aromatic nitrogens is 2. The van der Waals surface area contributed by atoms with Crippen LogP contribution in [0, 0.1) is 5.92 Å². The minimum absolute atomic E-state index is 0.241. The maximum atomic E-state index is 13.0. The Morgan fingerprint density at radius 2 is 1.68 bits per heavy atom. The number of esters is 1. The van der Waals surface area contributed by atoms with Crippen LogP contribution in [0.3, 0.4) is 0 Å². The lowest BCUT2D eigenvalue weighted by atomic mass is 9.97. The molecule has 0 radical (unpaired) electrons. The van der Waals surface area contributed by atoms with Crippen molar-refractivity contribution in [1.29, 1.82) is 0 Å². The number of amides is 2. The zero-order chi connectivity index (χ0) is 22.1. The van der Waals surface area contributed by atoms with Gasteiger partial charge in [-0.3, -0.25) is 23.7 Å². The summed E-state index contributed by atoms with van der Waals surface area (Å²) in [5.74, 6) is -2.04. The maximum Gasteiger partial charge on any atom is 0.330 e. The Morgan fingerprint density at radius 1 is 1.03 bits per heavy atom. The van der Waals surface area contributed by atoms with Crippen LogP contribution in [0.25, 0.3) is 5.65 Å². The van der Waals surface area contributed by atoms with Crippen molar-refractivity contribution in [3.05, 3.63) is 81.9 Å². The van der Waals surface area contributed by atoms with E-state index in [0.717, 1.165) is 4.90 Å². The summed E-state index contributed by atoms with van der Waals surface area (Å²) in [6.45, 7) is 3.42. The van der Waals surface area contributed by atoms with E-state index in [2.05, 4.69) is 4.98 Å². The average molecular weight is 419 g/mol. The van der Waals surface area contributed by atoms with Crippen molar-refractivity contribution >= 4 is 23.4 Å². The molecule has 0 spiro atoms. The molecule has 31 heavy (non-hydrogen) atoms. The normalized spacial score (nSPS) is 15.1. The van der Waals surface area contributed by atoms with E-state index in [9.17, 15) is 19.2 Å². The molecule has 2 aromatic heterocycles. The Morgan fingerprint density at radius 3 is 2.32 bits per heavy atom. The van der Waals surface area contributed by atoms with Crippen LogP contribution < -0.4 is 5.56 Å². The molecule has 4 rings (SSSR count). The first-order valence-corrected chi connectivity index (χ1v) is 10.0. The SMILES string of the molecule is CCC(C)C(C(=O)OCc1cc(=O)n2ccccc2n1)N1C(=O)c2ccccc2C1=O. The van der Waals surface area contributed by atoms with Gasteiger partial charge in [0.1, 0.15) is 18.3 Å². The second kappa shape index (κ2) is 8.14. The van der Waals surface area contributed by atoms with Gasteiger partial charge in [0.15, 0.2) is 0 Å². The van der Waals surface area contributed by atoms with Gasteiger partial charge in [-0.25, -0.2) is 9.78 Å². The van der Waals surface area contributed by atoms with Gasteiger partial charge in [-0.2, -0.15) is 0 Å². The van der Waals surface area contributed by atoms with E-state index in [4.69, 9.17) is 4.74 Å². The van der Waals surface area contributed by atoms with Gasteiger partial charge in [0, 0.05) is 12.3 Å². The summed E-state index contributed by atoms with van der Waals surface area (Å²) in [6, 6.07) is 11.9. The number of hydrogen-bond acceptors (Lipinski definition) is 6. The summed E-state index contributed by atoms with van der Waals surface area (Å²) in [7, 11) is 0. The molecule has 0 saturated heterocycles. The highest BCUT2D eigenvalue weighted by Crippen LogP contribution is 2.28. The third kappa shape index (κ3) is 3.61. The molecule has 8 heteroatoms. The molecule has 1 aromatic carbocycles. The van der Waals surface area contributed by atoms with E-state index >= 15 is 0 Å². The first-order chi connectivity index (χ1) is 14.9. The zero-order valence-electron chi connectivity index (χ0n) is 17.1. The number of rotatable bonds is 6. The molecule has 1 aliphatic heterocycles. The standard InChI is InChI=1S/C23H21N3O5/c1-3-14(2)20(26-21(28)16-8-4-5-9-17(16)22(26)29)23(30)31-13-15-12-19(27)25-11-7-6-10-18(25)24-15/h4-12,14,20H,3,13H2,1-2H3. The lowest BCUT2D eigenvalue weighted by molar-refractivity contribution is -0.151. The van der Waals surface area contributed by atoms with Crippen LogP contribution >= 0.6 is 0 Å². The summed E-state index contributed by atoms with van der Waals surface area (Å²) in [6.07, 6.45) is 2.16. The van der Waals surface area contributed by atoms with Gasteiger partial charge < -0.3 is 4.74 Å². The molecule has 3 heterocycles. The lowest BCUT2D eigenvalue weighted by Crippen LogP contribution is -2.49. The topological polar surface area (TPSA) is 98.1 Å². The van der Waals surface area contributed by atoms with E-state index in [1.807, 2.05) is 6.92 Å². The number of ether oxygens (including phenoxy) is 1. The Kier molecular flexibility index (Phi) is 5.37. The third-order valence-corrected chi connectivity index (χ3v) is 5.51. The Labute approximate surface area is 178 Å². The molecule has 1 aliphatic rings. The minimum Gasteiger partial charge on any atom is -0.458 e. The minimum atomic E-state index is -1.07. The average Bonchev–Trinajstić information content (AvgIpc) is 3.03. The predicted molar refractivity (Wildman–Crippen MR) is 111 cm³/mol. The molecule has 0 saturated carbocycles. The third-order valence-electron chi connectivity index (χ3n) is 5.51. The van der Waals surface area contributed by atoms with Crippen LogP contribution in [-0.4, -0.2) is 38.1 Å². The monoisotopic (exact) mass is 419 g/mol. The molecule has 8 nitrogen and oxygen atoms in total. The van der Waals surface area contributed by atoms with Gasteiger partial charge in [-0.1, -0.05) is 38.5 Å². The summed E-state index contributed by atoms with van der Waals surface area (Å²) in [4.78, 5) is 56.3. The van der Waals surface area contributed by atoms with Crippen molar-refractivity contribution in [1.82, 2.24) is 14.3 Å². The fourth-order valence-corrected chi connectivity index (χ4v) is 3.68. The maximum absolute atomic E-state index is 13.0. The van der Waals surface area contributed by atoms with Gasteiger partial charge >= 0.3 is 5.97 Å². The first kappa shape index (κ1) is 20.5. The number of nitrogens with zero attached hydrogens (tertiary/aromatic N) is 3. The molecule has 0 fully saturated rings. The van der Waals surface area contributed by atoms with Crippen LogP contribution in [0.5, 0.6) is 0 Å². The van der Waals surface area contributed by atoms with Crippen LogP contribution in [0.4, 0.5) is 0 Å². The number of pyridine rings is 1. The molecular formula is C23H21N3O5. The molecule has 158 valence electrons. The highest BCUT2D eigenvalue weighted by Gasteiger charge is 2.45. The van der Waals surface area contributed by atoms with Crippen LogP contribution in [0.1, 0.15) is 46.7 Å². The Balaban J connectivity index is 1.58. The number of carbonyl (C=O) groups is 3. The van der Waals surface area contributed by atoms with Gasteiger partial charge in [0.25, 0.3) is 17.4 Å². The smallest absolute Gasteiger partial charge is 0.330 e. The number of hydrogen-bond donors (Lipinski definition) is 0. The van der Waals surface area contributed by atoms with E-state index in [1.165, 1.54) is 10.5 Å². The molecular weight excluding hydrogens is 398 g/mol. The van der Waals surface area contributed by atoms with Gasteiger partial charge in [-0.15, -0.1) is 0 Å². The fourth-order valence-electron chi connectivity index (χ4n) is 3.68. The van der Waals surface area contributed by atoms with Crippen LogP contribution in [0.2, 0.25) is 0 Å². The van der Waals surface area contributed by atoms with Crippen molar-refractivity contribution in [3.8, 4) is 0 Å². The number of fused-ring (bicyclic) bond motifs is 2. The van der Waals surface area contributed by atoms with Crippen molar-refractivity contribution in [2.45, 2.75) is 32.9 Å². The zero-order valence-corrected chi connectivity index (χ0v) is 17.1. The van der Waals surface area contributed by atoms with E-state index < -0.39 is 23.8 Å².